The molecule has 2 aromatic heterocycles. The van der Waals surface area contributed by atoms with Crippen molar-refractivity contribution in [1.29, 1.82) is 0 Å². The van der Waals surface area contributed by atoms with Gasteiger partial charge in [0.25, 0.3) is 0 Å². The first-order chi connectivity index (χ1) is 13.6. The minimum Gasteiger partial charge on any atom is -0.371 e. The van der Waals surface area contributed by atoms with E-state index in [4.69, 9.17) is 4.98 Å². The molecule has 7 heteroatoms. The highest BCUT2D eigenvalue weighted by atomic mass is 19.1. The smallest absolute Gasteiger partial charge is 0.159 e. The quantitative estimate of drug-likeness (QED) is 0.570. The van der Waals surface area contributed by atoms with Crippen LogP contribution in [0.15, 0.2) is 36.4 Å². The number of H-pyrrole nitrogens is 2. The van der Waals surface area contributed by atoms with Crippen molar-refractivity contribution in [3.05, 3.63) is 42.2 Å². The molecule has 2 aromatic carbocycles. The fourth-order valence-electron chi connectivity index (χ4n) is 4.12. The van der Waals surface area contributed by atoms with Gasteiger partial charge in [-0.25, -0.2) is 9.37 Å². The molecule has 144 valence electrons. The van der Waals surface area contributed by atoms with E-state index in [-0.39, 0.29) is 5.82 Å². The van der Waals surface area contributed by atoms with E-state index in [1.54, 1.807) is 6.07 Å². The van der Waals surface area contributed by atoms with Gasteiger partial charge in [-0.15, -0.1) is 0 Å². The zero-order valence-electron chi connectivity index (χ0n) is 16.0. The van der Waals surface area contributed by atoms with Crippen molar-refractivity contribution in [3.63, 3.8) is 0 Å². The van der Waals surface area contributed by atoms with E-state index in [1.165, 1.54) is 30.7 Å². The number of aromatic amines is 2. The van der Waals surface area contributed by atoms with Crippen molar-refractivity contribution in [1.82, 2.24) is 25.1 Å². The Hall–Kier alpha value is -2.93. The van der Waals surface area contributed by atoms with Crippen LogP contribution in [0.4, 0.5) is 10.1 Å². The average Bonchev–Trinajstić information content (AvgIpc) is 3.30. The SMILES string of the molecule is CN(C)C1CCN(c2ccc3[nH]c(-c4n[nH]c5cc(F)ccc45)nc3c2)CC1. The number of nitrogens with one attached hydrogen (secondary N) is 2. The third-order valence-electron chi connectivity index (χ3n) is 5.78. The van der Waals surface area contributed by atoms with E-state index in [1.807, 2.05) is 0 Å². The van der Waals surface area contributed by atoms with Gasteiger partial charge in [-0.1, -0.05) is 0 Å². The summed E-state index contributed by atoms with van der Waals surface area (Å²) in [6.45, 7) is 2.11. The topological polar surface area (TPSA) is 63.8 Å². The molecule has 0 bridgehead atoms. The number of piperidine rings is 1. The van der Waals surface area contributed by atoms with Crippen LogP contribution in [0.2, 0.25) is 0 Å². The van der Waals surface area contributed by atoms with Crippen molar-refractivity contribution >= 4 is 27.6 Å². The van der Waals surface area contributed by atoms with Crippen LogP contribution in [0.5, 0.6) is 0 Å². The summed E-state index contributed by atoms with van der Waals surface area (Å²) in [6, 6.07) is 11.7. The maximum atomic E-state index is 13.4. The lowest BCUT2D eigenvalue weighted by Crippen LogP contribution is -2.41. The van der Waals surface area contributed by atoms with Crippen LogP contribution in [-0.2, 0) is 0 Å². The molecule has 2 N–H and O–H groups in total. The first-order valence-corrected chi connectivity index (χ1v) is 9.63. The summed E-state index contributed by atoms with van der Waals surface area (Å²) in [7, 11) is 4.32. The lowest BCUT2D eigenvalue weighted by atomic mass is 10.0. The van der Waals surface area contributed by atoms with Crippen molar-refractivity contribution in [3.8, 4) is 11.5 Å². The molecule has 3 heterocycles. The molecule has 5 rings (SSSR count). The minimum atomic E-state index is -0.282. The molecule has 0 saturated carbocycles. The lowest BCUT2D eigenvalue weighted by Gasteiger charge is -2.36. The molecule has 0 atom stereocenters. The van der Waals surface area contributed by atoms with Crippen LogP contribution in [0, 0.1) is 5.82 Å². The molecule has 1 fully saturated rings. The Morgan fingerprint density at radius 3 is 2.68 bits per heavy atom. The van der Waals surface area contributed by atoms with E-state index >= 15 is 0 Å². The Kier molecular flexibility index (Phi) is 4.05. The highest BCUT2D eigenvalue weighted by molar-refractivity contribution is 5.93. The van der Waals surface area contributed by atoms with Crippen LogP contribution in [0.3, 0.4) is 0 Å². The minimum absolute atomic E-state index is 0.282. The summed E-state index contributed by atoms with van der Waals surface area (Å²) >= 11 is 0. The number of hydrogen-bond donors (Lipinski definition) is 2. The number of rotatable bonds is 3. The number of halogens is 1. The molecule has 1 aliphatic rings. The van der Waals surface area contributed by atoms with E-state index < -0.39 is 0 Å². The van der Waals surface area contributed by atoms with E-state index in [2.05, 4.69) is 57.3 Å². The number of imidazole rings is 1. The summed E-state index contributed by atoms with van der Waals surface area (Å²) in [5.41, 5.74) is 4.47. The number of aromatic nitrogens is 4. The second-order valence-corrected chi connectivity index (χ2v) is 7.73. The predicted molar refractivity (Wildman–Crippen MR) is 110 cm³/mol. The highest BCUT2D eigenvalue weighted by Crippen LogP contribution is 2.29. The van der Waals surface area contributed by atoms with Crippen molar-refractivity contribution in [2.24, 2.45) is 0 Å². The molecule has 1 aliphatic heterocycles. The van der Waals surface area contributed by atoms with E-state index in [0.29, 0.717) is 23.1 Å². The van der Waals surface area contributed by atoms with Gasteiger partial charge in [-0.2, -0.15) is 5.10 Å². The normalized spacial score (nSPS) is 15.9. The van der Waals surface area contributed by atoms with Gasteiger partial charge in [0.05, 0.1) is 16.6 Å². The fourth-order valence-corrected chi connectivity index (χ4v) is 4.12. The summed E-state index contributed by atoms with van der Waals surface area (Å²) in [6.07, 6.45) is 2.35. The summed E-state index contributed by atoms with van der Waals surface area (Å²) in [5, 5.41) is 8.08. The largest absolute Gasteiger partial charge is 0.371 e. The van der Waals surface area contributed by atoms with Crippen LogP contribution >= 0.6 is 0 Å². The number of fused-ring (bicyclic) bond motifs is 2. The van der Waals surface area contributed by atoms with Crippen LogP contribution < -0.4 is 4.90 Å². The Morgan fingerprint density at radius 2 is 1.89 bits per heavy atom. The average molecular weight is 378 g/mol. The molecule has 4 aromatic rings. The third kappa shape index (κ3) is 2.92. The summed E-state index contributed by atoms with van der Waals surface area (Å²) in [5.74, 6) is 0.409. The molecule has 0 spiro atoms. The first kappa shape index (κ1) is 17.2. The Labute approximate surface area is 162 Å². The zero-order valence-corrected chi connectivity index (χ0v) is 16.0. The maximum absolute atomic E-state index is 13.4. The number of anilines is 1. The molecular formula is C21H23FN6. The first-order valence-electron chi connectivity index (χ1n) is 9.63. The highest BCUT2D eigenvalue weighted by Gasteiger charge is 2.21. The summed E-state index contributed by atoms with van der Waals surface area (Å²) < 4.78 is 13.4. The van der Waals surface area contributed by atoms with Gasteiger partial charge in [0.1, 0.15) is 11.5 Å². The Bertz CT molecular complexity index is 1140. The number of nitrogens with zero attached hydrogens (tertiary/aromatic N) is 4. The van der Waals surface area contributed by atoms with E-state index in [0.717, 1.165) is 29.5 Å². The van der Waals surface area contributed by atoms with Crippen LogP contribution in [0.25, 0.3) is 33.5 Å². The molecule has 0 unspecified atom stereocenters. The van der Waals surface area contributed by atoms with E-state index in [9.17, 15) is 4.39 Å². The number of benzene rings is 2. The van der Waals surface area contributed by atoms with Gasteiger partial charge in [-0.05, 0) is 63.3 Å². The monoisotopic (exact) mass is 378 g/mol. The maximum Gasteiger partial charge on any atom is 0.159 e. The molecule has 1 saturated heterocycles. The number of hydrogen-bond acceptors (Lipinski definition) is 4. The van der Waals surface area contributed by atoms with Gasteiger partial charge >= 0.3 is 0 Å². The Morgan fingerprint density at radius 1 is 1.07 bits per heavy atom. The molecular weight excluding hydrogens is 355 g/mol. The van der Waals surface area contributed by atoms with Gasteiger partial charge in [0.15, 0.2) is 5.82 Å². The van der Waals surface area contributed by atoms with Gasteiger partial charge < -0.3 is 14.8 Å². The predicted octanol–water partition coefficient (Wildman–Crippen LogP) is 3.78. The van der Waals surface area contributed by atoms with Crippen LogP contribution in [-0.4, -0.2) is 58.3 Å². The van der Waals surface area contributed by atoms with Crippen molar-refractivity contribution < 1.29 is 4.39 Å². The molecule has 0 amide bonds. The summed E-state index contributed by atoms with van der Waals surface area (Å²) in [4.78, 5) is 12.9. The molecule has 0 aliphatic carbocycles. The molecule has 6 nitrogen and oxygen atoms in total. The van der Waals surface area contributed by atoms with Gasteiger partial charge in [0, 0.05) is 30.2 Å². The van der Waals surface area contributed by atoms with Crippen LogP contribution in [0.1, 0.15) is 12.8 Å². The fraction of sp³-hybridized carbons (Fsp3) is 0.333. The van der Waals surface area contributed by atoms with Crippen molar-refractivity contribution in [2.45, 2.75) is 18.9 Å². The second kappa shape index (κ2) is 6.60. The Balaban J connectivity index is 1.45. The second-order valence-electron chi connectivity index (χ2n) is 7.73. The standard InChI is InChI=1S/C21H23FN6/c1-27(2)14-7-9-28(10-8-14)15-4-6-17-19(12-15)24-21(23-17)20-16-5-3-13(22)11-18(16)25-26-20/h3-6,11-12,14H,7-10H2,1-2H3,(H,23,24)(H,25,26). The van der Waals surface area contributed by atoms with Crippen molar-refractivity contribution in [2.75, 3.05) is 32.1 Å². The van der Waals surface area contributed by atoms with Gasteiger partial charge in [0.2, 0.25) is 0 Å². The zero-order chi connectivity index (χ0) is 19.3. The molecule has 0 radical (unpaired) electrons. The lowest BCUT2D eigenvalue weighted by molar-refractivity contribution is 0.249. The molecule has 28 heavy (non-hydrogen) atoms. The third-order valence-corrected chi connectivity index (χ3v) is 5.78. The van der Waals surface area contributed by atoms with Gasteiger partial charge in [-0.3, -0.25) is 5.10 Å².